The highest BCUT2D eigenvalue weighted by atomic mass is 19.1. The second-order valence-corrected chi connectivity index (χ2v) is 12.6. The molecule has 2 aromatic heterocycles. The molecule has 1 aliphatic carbocycles. The van der Waals surface area contributed by atoms with Gasteiger partial charge in [0, 0.05) is 62.0 Å². The minimum Gasteiger partial charge on any atom is -0.508 e. The molecule has 41 heavy (non-hydrogen) atoms. The van der Waals surface area contributed by atoms with Crippen molar-refractivity contribution in [3.8, 4) is 22.9 Å². The normalized spacial score (nSPS) is 25.3. The topological polar surface area (TPSA) is 86.6 Å². The molecule has 9 heteroatoms. The number of hydrogen-bond acceptors (Lipinski definition) is 8. The molecule has 8 nitrogen and oxygen atoms in total. The zero-order valence-electron chi connectivity index (χ0n) is 23.1. The highest BCUT2D eigenvalue weighted by Crippen LogP contribution is 2.47. The van der Waals surface area contributed by atoms with E-state index < -0.39 is 6.17 Å². The lowest BCUT2D eigenvalue weighted by Gasteiger charge is -2.34. The molecule has 4 fully saturated rings. The maximum Gasteiger partial charge on any atom is 0.319 e. The molecule has 4 aromatic rings. The van der Waals surface area contributed by atoms with Gasteiger partial charge >= 0.3 is 6.01 Å². The number of anilines is 1. The van der Waals surface area contributed by atoms with Gasteiger partial charge in [0.15, 0.2) is 5.82 Å². The number of pyridine rings is 1. The van der Waals surface area contributed by atoms with Gasteiger partial charge in [0.2, 0.25) is 0 Å². The molecule has 3 saturated heterocycles. The second kappa shape index (κ2) is 9.77. The summed E-state index contributed by atoms with van der Waals surface area (Å²) in [5.74, 6) is 1.04. The largest absolute Gasteiger partial charge is 0.508 e. The Morgan fingerprint density at radius 3 is 2.63 bits per heavy atom. The zero-order chi connectivity index (χ0) is 27.6. The van der Waals surface area contributed by atoms with E-state index >= 15 is 0 Å². The lowest BCUT2D eigenvalue weighted by Crippen LogP contribution is -2.51. The second-order valence-electron chi connectivity index (χ2n) is 12.6. The van der Waals surface area contributed by atoms with E-state index in [0.717, 1.165) is 77.8 Å². The van der Waals surface area contributed by atoms with Crippen molar-refractivity contribution < 1.29 is 14.2 Å². The molecule has 0 spiro atoms. The Morgan fingerprint density at radius 1 is 1.02 bits per heavy atom. The molecule has 0 radical (unpaired) electrons. The first-order valence-corrected chi connectivity index (χ1v) is 14.9. The predicted octanol–water partition coefficient (Wildman–Crippen LogP) is 4.69. The summed E-state index contributed by atoms with van der Waals surface area (Å²) in [6.07, 6.45) is 6.29. The van der Waals surface area contributed by atoms with Crippen LogP contribution in [0.2, 0.25) is 0 Å². The van der Waals surface area contributed by atoms with Crippen LogP contribution in [-0.2, 0) is 0 Å². The van der Waals surface area contributed by atoms with E-state index in [1.165, 1.54) is 12.8 Å². The van der Waals surface area contributed by atoms with Crippen LogP contribution in [0.4, 0.5) is 10.2 Å². The van der Waals surface area contributed by atoms with Gasteiger partial charge in [0.25, 0.3) is 0 Å². The summed E-state index contributed by atoms with van der Waals surface area (Å²) in [5.41, 5.74) is 3.34. The molecule has 2 N–H and O–H groups in total. The van der Waals surface area contributed by atoms with Crippen molar-refractivity contribution >= 4 is 27.6 Å². The third-order valence-corrected chi connectivity index (χ3v) is 9.41. The Labute approximate surface area is 238 Å². The van der Waals surface area contributed by atoms with Crippen molar-refractivity contribution in [2.75, 3.05) is 44.2 Å². The van der Waals surface area contributed by atoms with Crippen LogP contribution in [0.1, 0.15) is 32.1 Å². The smallest absolute Gasteiger partial charge is 0.319 e. The van der Waals surface area contributed by atoms with Crippen LogP contribution in [0.5, 0.6) is 11.8 Å². The van der Waals surface area contributed by atoms with E-state index in [9.17, 15) is 9.50 Å². The summed E-state index contributed by atoms with van der Waals surface area (Å²) in [6, 6.07) is 14.9. The number of nitrogens with zero attached hydrogens (tertiary/aromatic N) is 5. The number of halogens is 1. The first-order chi connectivity index (χ1) is 20.0. The van der Waals surface area contributed by atoms with Gasteiger partial charge in [-0.2, -0.15) is 9.97 Å². The van der Waals surface area contributed by atoms with Crippen molar-refractivity contribution in [1.29, 1.82) is 0 Å². The van der Waals surface area contributed by atoms with Crippen LogP contribution in [0.15, 0.2) is 48.7 Å². The number of fused-ring (bicyclic) bond motifs is 4. The molecule has 2 unspecified atom stereocenters. The Hall–Kier alpha value is -3.56. The molecule has 2 aromatic carbocycles. The number of phenols is 1. The highest BCUT2D eigenvalue weighted by molar-refractivity contribution is 5.99. The summed E-state index contributed by atoms with van der Waals surface area (Å²) >= 11 is 0. The molecule has 4 aliphatic rings. The van der Waals surface area contributed by atoms with Gasteiger partial charge in [-0.3, -0.25) is 9.88 Å². The molecule has 212 valence electrons. The minimum atomic E-state index is -0.710. The summed E-state index contributed by atoms with van der Waals surface area (Å²) in [6.45, 7) is 4.51. The van der Waals surface area contributed by atoms with E-state index in [1.807, 2.05) is 30.5 Å². The third kappa shape index (κ3) is 4.85. The van der Waals surface area contributed by atoms with Crippen molar-refractivity contribution in [2.24, 2.45) is 5.41 Å². The molecule has 0 amide bonds. The van der Waals surface area contributed by atoms with E-state index in [0.29, 0.717) is 37.7 Å². The summed E-state index contributed by atoms with van der Waals surface area (Å²) in [7, 11) is 0. The van der Waals surface area contributed by atoms with Crippen molar-refractivity contribution in [1.82, 2.24) is 25.2 Å². The van der Waals surface area contributed by atoms with Crippen molar-refractivity contribution in [2.45, 2.75) is 50.4 Å². The maximum absolute atomic E-state index is 13.8. The van der Waals surface area contributed by atoms with E-state index in [4.69, 9.17) is 19.7 Å². The fraction of sp³-hybridized carbons (Fsp3) is 0.469. The Bertz CT molecular complexity index is 1620. The van der Waals surface area contributed by atoms with Gasteiger partial charge < -0.3 is 20.1 Å². The number of aromatic nitrogens is 3. The van der Waals surface area contributed by atoms with Crippen LogP contribution >= 0.6 is 0 Å². The SMILES string of the molecule is Oc1cc(-c2cnc3c(N4CC5CCC(C4)N5)nc(OCC4(CN5CC[C@@H](F)C5)CC4)nc3c2)c2ccccc2c1. The van der Waals surface area contributed by atoms with Crippen LogP contribution < -0.4 is 15.0 Å². The van der Waals surface area contributed by atoms with Gasteiger partial charge in [-0.1, -0.05) is 24.3 Å². The number of rotatable bonds is 7. The standard InChI is InChI=1S/C32H35FN6O2/c33-22-7-10-38(15-22)18-32(8-9-32)19-41-31-36-28-12-21(27-13-25(40)11-20-3-1-2-4-26(20)27)14-34-29(28)30(37-31)39-16-23-5-6-24(17-39)35-23/h1-4,11-14,22-24,35,40H,5-10,15-19H2/t22-,23?,24?/m1/s1. The van der Waals surface area contributed by atoms with E-state index in [2.05, 4.69) is 21.2 Å². The molecule has 3 aliphatic heterocycles. The third-order valence-electron chi connectivity index (χ3n) is 9.41. The fourth-order valence-corrected chi connectivity index (χ4v) is 7.06. The average molecular weight is 555 g/mol. The van der Waals surface area contributed by atoms with Gasteiger partial charge in [-0.15, -0.1) is 0 Å². The van der Waals surface area contributed by atoms with Gasteiger partial charge in [-0.05, 0) is 66.6 Å². The zero-order valence-corrected chi connectivity index (χ0v) is 23.1. The van der Waals surface area contributed by atoms with Crippen LogP contribution in [0.3, 0.4) is 0 Å². The molecule has 3 atom stereocenters. The van der Waals surface area contributed by atoms with Crippen LogP contribution in [0, 0.1) is 5.41 Å². The molecule has 5 heterocycles. The van der Waals surface area contributed by atoms with Gasteiger partial charge in [-0.25, -0.2) is 4.39 Å². The first-order valence-electron chi connectivity index (χ1n) is 14.9. The van der Waals surface area contributed by atoms with Crippen LogP contribution in [-0.4, -0.2) is 82.5 Å². The number of piperazine rings is 1. The Balaban J connectivity index is 1.16. The first kappa shape index (κ1) is 25.2. The Kier molecular flexibility index (Phi) is 6.00. The monoisotopic (exact) mass is 554 g/mol. The molecular formula is C32H35FN6O2. The van der Waals surface area contributed by atoms with Crippen molar-refractivity contribution in [3.63, 3.8) is 0 Å². The highest BCUT2D eigenvalue weighted by Gasteiger charge is 2.46. The summed E-state index contributed by atoms with van der Waals surface area (Å²) in [4.78, 5) is 19.3. The molecular weight excluding hydrogens is 519 g/mol. The van der Waals surface area contributed by atoms with E-state index in [-0.39, 0.29) is 11.2 Å². The van der Waals surface area contributed by atoms with Crippen LogP contribution in [0.25, 0.3) is 32.9 Å². The lowest BCUT2D eigenvalue weighted by molar-refractivity contribution is 0.165. The summed E-state index contributed by atoms with van der Waals surface area (Å²) < 4.78 is 20.2. The lowest BCUT2D eigenvalue weighted by atomic mass is 9.98. The quantitative estimate of drug-likeness (QED) is 0.340. The molecule has 8 rings (SSSR count). The number of aromatic hydroxyl groups is 1. The summed E-state index contributed by atoms with van der Waals surface area (Å²) in [5, 5.41) is 16.2. The Morgan fingerprint density at radius 2 is 1.85 bits per heavy atom. The number of hydrogen-bond donors (Lipinski definition) is 2. The number of nitrogens with one attached hydrogen (secondary N) is 1. The minimum absolute atomic E-state index is 0.0528. The number of phenolic OH excluding ortho intramolecular Hbond substituents is 1. The number of benzene rings is 2. The molecule has 1 saturated carbocycles. The van der Waals surface area contributed by atoms with E-state index in [1.54, 1.807) is 12.1 Å². The number of alkyl halides is 1. The van der Waals surface area contributed by atoms with Gasteiger partial charge in [0.05, 0.1) is 12.1 Å². The van der Waals surface area contributed by atoms with Crippen molar-refractivity contribution in [3.05, 3.63) is 48.7 Å². The predicted molar refractivity (Wildman–Crippen MR) is 157 cm³/mol. The maximum atomic E-state index is 13.8. The average Bonchev–Trinajstić information content (AvgIpc) is 3.50. The fourth-order valence-electron chi connectivity index (χ4n) is 7.06. The molecule has 2 bridgehead atoms. The number of likely N-dealkylation sites (tertiary alicyclic amines) is 1. The van der Waals surface area contributed by atoms with Gasteiger partial charge in [0.1, 0.15) is 17.4 Å². The number of ether oxygens (including phenoxy) is 1.